The number of hydrogen-bond acceptors (Lipinski definition) is 1. The SMILES string of the molecule is C=CCn1cc(Cl)ccc1=O. The molecule has 1 aromatic heterocycles. The molecule has 11 heavy (non-hydrogen) atoms. The molecule has 0 bridgehead atoms. The van der Waals surface area contributed by atoms with E-state index in [1.165, 1.54) is 10.6 Å². The van der Waals surface area contributed by atoms with E-state index in [2.05, 4.69) is 6.58 Å². The molecule has 1 rings (SSSR count). The van der Waals surface area contributed by atoms with E-state index >= 15 is 0 Å². The molecule has 0 aromatic carbocycles. The van der Waals surface area contributed by atoms with E-state index in [4.69, 9.17) is 11.6 Å². The second-order valence-electron chi connectivity index (χ2n) is 2.13. The van der Waals surface area contributed by atoms with Crippen LogP contribution >= 0.6 is 11.6 Å². The fourth-order valence-electron chi connectivity index (χ4n) is 0.784. The molecule has 0 saturated carbocycles. The Hall–Kier alpha value is -1.02. The summed E-state index contributed by atoms with van der Waals surface area (Å²) in [6.07, 6.45) is 3.24. The highest BCUT2D eigenvalue weighted by Gasteiger charge is 1.92. The third kappa shape index (κ3) is 1.95. The molecule has 0 amide bonds. The van der Waals surface area contributed by atoms with Gasteiger partial charge in [0.05, 0.1) is 5.02 Å². The average Bonchev–Trinajstić information content (AvgIpc) is 1.98. The Labute approximate surface area is 69.7 Å². The van der Waals surface area contributed by atoms with Crippen molar-refractivity contribution in [1.29, 1.82) is 0 Å². The molecule has 58 valence electrons. The molecular formula is C8H8ClNO. The monoisotopic (exact) mass is 169 g/mol. The molecule has 0 aliphatic rings. The lowest BCUT2D eigenvalue weighted by Crippen LogP contribution is -2.16. The summed E-state index contributed by atoms with van der Waals surface area (Å²) in [5, 5.41) is 0.562. The van der Waals surface area contributed by atoms with Crippen molar-refractivity contribution in [3.8, 4) is 0 Å². The number of aromatic nitrogens is 1. The van der Waals surface area contributed by atoms with Gasteiger partial charge in [0.25, 0.3) is 5.56 Å². The first kappa shape index (κ1) is 8.08. The van der Waals surface area contributed by atoms with Gasteiger partial charge in [-0.3, -0.25) is 4.79 Å². The minimum Gasteiger partial charge on any atom is -0.310 e. The summed E-state index contributed by atoms with van der Waals surface area (Å²) in [4.78, 5) is 11.0. The Bertz CT molecular complexity index is 316. The van der Waals surface area contributed by atoms with E-state index in [0.717, 1.165) is 0 Å². The lowest BCUT2D eigenvalue weighted by Gasteiger charge is -1.99. The zero-order chi connectivity index (χ0) is 8.27. The summed E-state index contributed by atoms with van der Waals surface area (Å²) in [5.74, 6) is 0. The van der Waals surface area contributed by atoms with Crippen LogP contribution in [0.2, 0.25) is 5.02 Å². The predicted octanol–water partition coefficient (Wildman–Crippen LogP) is 1.69. The van der Waals surface area contributed by atoms with Crippen LogP contribution < -0.4 is 5.56 Å². The maximum absolute atomic E-state index is 11.0. The minimum atomic E-state index is -0.0608. The predicted molar refractivity (Wildman–Crippen MR) is 45.9 cm³/mol. The van der Waals surface area contributed by atoms with E-state index in [1.54, 1.807) is 18.3 Å². The van der Waals surface area contributed by atoms with Gasteiger partial charge in [-0.1, -0.05) is 17.7 Å². The Morgan fingerprint density at radius 3 is 3.00 bits per heavy atom. The Kier molecular flexibility index (Phi) is 2.49. The molecule has 1 heterocycles. The van der Waals surface area contributed by atoms with E-state index in [-0.39, 0.29) is 5.56 Å². The highest BCUT2D eigenvalue weighted by atomic mass is 35.5. The zero-order valence-corrected chi connectivity index (χ0v) is 6.71. The van der Waals surface area contributed by atoms with Crippen molar-refractivity contribution >= 4 is 11.6 Å². The first-order valence-electron chi connectivity index (χ1n) is 3.21. The summed E-state index contributed by atoms with van der Waals surface area (Å²) in [5.41, 5.74) is -0.0608. The molecule has 1 aromatic rings. The van der Waals surface area contributed by atoms with Crippen molar-refractivity contribution in [1.82, 2.24) is 4.57 Å². The Balaban J connectivity index is 3.12. The molecule has 0 aliphatic carbocycles. The van der Waals surface area contributed by atoms with Crippen LogP contribution in [0.25, 0.3) is 0 Å². The molecule has 0 aliphatic heterocycles. The summed E-state index contributed by atoms with van der Waals surface area (Å²) in [6, 6.07) is 3.01. The molecule has 3 heteroatoms. The van der Waals surface area contributed by atoms with Gasteiger partial charge in [0.15, 0.2) is 0 Å². The highest BCUT2D eigenvalue weighted by Crippen LogP contribution is 2.02. The average molecular weight is 170 g/mol. The smallest absolute Gasteiger partial charge is 0.250 e. The molecule has 2 nitrogen and oxygen atoms in total. The van der Waals surface area contributed by atoms with Crippen LogP contribution in [0.5, 0.6) is 0 Å². The van der Waals surface area contributed by atoms with E-state index in [9.17, 15) is 4.79 Å². The molecule has 0 spiro atoms. The number of allylic oxidation sites excluding steroid dienone is 1. The van der Waals surface area contributed by atoms with Gasteiger partial charge in [0.1, 0.15) is 0 Å². The third-order valence-electron chi connectivity index (χ3n) is 1.27. The summed E-state index contributed by atoms with van der Waals surface area (Å²) in [7, 11) is 0. The van der Waals surface area contributed by atoms with Crippen molar-refractivity contribution < 1.29 is 0 Å². The van der Waals surface area contributed by atoms with E-state index in [0.29, 0.717) is 11.6 Å². The quantitative estimate of drug-likeness (QED) is 0.618. The molecular weight excluding hydrogens is 162 g/mol. The number of rotatable bonds is 2. The van der Waals surface area contributed by atoms with Gasteiger partial charge in [-0.2, -0.15) is 0 Å². The number of pyridine rings is 1. The van der Waals surface area contributed by atoms with Gasteiger partial charge in [-0.05, 0) is 6.07 Å². The maximum atomic E-state index is 11.0. The second kappa shape index (κ2) is 3.39. The highest BCUT2D eigenvalue weighted by molar-refractivity contribution is 6.30. The van der Waals surface area contributed by atoms with Gasteiger partial charge < -0.3 is 4.57 Å². The van der Waals surface area contributed by atoms with E-state index in [1.807, 2.05) is 0 Å². The van der Waals surface area contributed by atoms with Crippen molar-refractivity contribution in [2.45, 2.75) is 6.54 Å². The standard InChI is InChI=1S/C8H8ClNO/c1-2-5-10-6-7(9)3-4-8(10)11/h2-4,6H,1,5H2. The van der Waals surface area contributed by atoms with Crippen molar-refractivity contribution in [3.05, 3.63) is 46.4 Å². The molecule has 0 radical (unpaired) electrons. The minimum absolute atomic E-state index is 0.0608. The van der Waals surface area contributed by atoms with Crippen LogP contribution in [-0.2, 0) is 6.54 Å². The van der Waals surface area contributed by atoms with Crippen molar-refractivity contribution in [3.63, 3.8) is 0 Å². The first-order chi connectivity index (χ1) is 5.24. The van der Waals surface area contributed by atoms with Crippen LogP contribution in [0.1, 0.15) is 0 Å². The summed E-state index contributed by atoms with van der Waals surface area (Å²) in [6.45, 7) is 4.02. The fraction of sp³-hybridized carbons (Fsp3) is 0.125. The largest absolute Gasteiger partial charge is 0.310 e. The fourth-order valence-corrected chi connectivity index (χ4v) is 0.965. The summed E-state index contributed by atoms with van der Waals surface area (Å²) >= 11 is 5.66. The van der Waals surface area contributed by atoms with Crippen LogP contribution in [0, 0.1) is 0 Å². The lowest BCUT2D eigenvalue weighted by atomic mass is 10.4. The van der Waals surface area contributed by atoms with Crippen LogP contribution in [-0.4, -0.2) is 4.57 Å². The van der Waals surface area contributed by atoms with Gasteiger partial charge in [0.2, 0.25) is 0 Å². The number of nitrogens with zero attached hydrogens (tertiary/aromatic N) is 1. The molecule has 0 saturated heterocycles. The molecule has 0 unspecified atom stereocenters. The Morgan fingerprint density at radius 2 is 2.36 bits per heavy atom. The maximum Gasteiger partial charge on any atom is 0.250 e. The van der Waals surface area contributed by atoms with Crippen LogP contribution in [0.3, 0.4) is 0 Å². The summed E-state index contributed by atoms with van der Waals surface area (Å²) < 4.78 is 1.50. The van der Waals surface area contributed by atoms with E-state index < -0.39 is 0 Å². The topological polar surface area (TPSA) is 22.0 Å². The number of halogens is 1. The molecule has 0 atom stereocenters. The first-order valence-corrected chi connectivity index (χ1v) is 3.58. The number of hydrogen-bond donors (Lipinski definition) is 0. The van der Waals surface area contributed by atoms with Gasteiger partial charge in [-0.25, -0.2) is 0 Å². The molecule has 0 N–H and O–H groups in total. The van der Waals surface area contributed by atoms with Crippen molar-refractivity contribution in [2.75, 3.05) is 0 Å². The third-order valence-corrected chi connectivity index (χ3v) is 1.50. The van der Waals surface area contributed by atoms with Gasteiger partial charge in [-0.15, -0.1) is 6.58 Å². The Morgan fingerprint density at radius 1 is 1.64 bits per heavy atom. The van der Waals surface area contributed by atoms with Gasteiger partial charge >= 0.3 is 0 Å². The van der Waals surface area contributed by atoms with Crippen LogP contribution in [0.15, 0.2) is 35.8 Å². The van der Waals surface area contributed by atoms with Crippen molar-refractivity contribution in [2.24, 2.45) is 0 Å². The van der Waals surface area contributed by atoms with Gasteiger partial charge in [0, 0.05) is 18.8 Å². The normalized spacial score (nSPS) is 9.55. The zero-order valence-electron chi connectivity index (χ0n) is 5.96. The van der Waals surface area contributed by atoms with Crippen LogP contribution in [0.4, 0.5) is 0 Å². The second-order valence-corrected chi connectivity index (χ2v) is 2.56. The molecule has 0 fully saturated rings. The lowest BCUT2D eigenvalue weighted by molar-refractivity contribution is 0.780.